The summed E-state index contributed by atoms with van der Waals surface area (Å²) in [5, 5.41) is 3.20. The number of halogens is 1. The average Bonchev–Trinajstić information content (AvgIpc) is 2.77. The van der Waals surface area contributed by atoms with Gasteiger partial charge in [0.25, 0.3) is 0 Å². The largest absolute Gasteiger partial charge is 0.334 e. The van der Waals surface area contributed by atoms with Gasteiger partial charge < -0.3 is 10.2 Å². The van der Waals surface area contributed by atoms with Gasteiger partial charge in [-0.05, 0) is 32.5 Å². The van der Waals surface area contributed by atoms with Crippen molar-refractivity contribution in [2.45, 2.75) is 6.42 Å². The molecule has 0 spiro atoms. The molecule has 5 heteroatoms. The number of carbonyl (C=O) groups excluding carboxylic acids is 1. The zero-order chi connectivity index (χ0) is 13.4. The molecule has 1 aliphatic rings. The molecule has 0 aromatic rings. The van der Waals surface area contributed by atoms with Gasteiger partial charge in [-0.25, -0.2) is 0 Å². The zero-order valence-electron chi connectivity index (χ0n) is 11.8. The average molecular weight is 288 g/mol. The Labute approximate surface area is 122 Å². The van der Waals surface area contributed by atoms with E-state index in [1.807, 2.05) is 7.05 Å². The fraction of sp³-hybridized carbons (Fsp3) is 0.643. The number of nitrogens with one attached hydrogen (secondary N) is 1. The second kappa shape index (κ2) is 10.0. The molecule has 110 valence electrons. The molecule has 1 rings (SSSR count). The Morgan fingerprint density at radius 3 is 2.58 bits per heavy atom. The fourth-order valence-corrected chi connectivity index (χ4v) is 2.39. The summed E-state index contributed by atoms with van der Waals surface area (Å²) >= 11 is 0. The molecular weight excluding hydrogens is 262 g/mol. The second-order valence-corrected chi connectivity index (χ2v) is 4.82. The van der Waals surface area contributed by atoms with Crippen molar-refractivity contribution in [1.82, 2.24) is 15.1 Å². The maximum absolute atomic E-state index is 12.1. The first-order chi connectivity index (χ1) is 8.71. The van der Waals surface area contributed by atoms with Crippen molar-refractivity contribution in [2.24, 2.45) is 5.92 Å². The summed E-state index contributed by atoms with van der Waals surface area (Å²) in [4.78, 5) is 16.1. The molecule has 1 fully saturated rings. The van der Waals surface area contributed by atoms with Crippen LogP contribution in [0.4, 0.5) is 0 Å². The zero-order valence-corrected chi connectivity index (χ0v) is 12.6. The first-order valence-corrected chi connectivity index (χ1v) is 6.57. The van der Waals surface area contributed by atoms with Gasteiger partial charge in [0.2, 0.25) is 5.91 Å². The maximum Gasteiger partial charge on any atom is 0.237 e. The van der Waals surface area contributed by atoms with Crippen LogP contribution in [0.2, 0.25) is 0 Å². The highest BCUT2D eigenvalue weighted by atomic mass is 35.5. The molecule has 19 heavy (non-hydrogen) atoms. The van der Waals surface area contributed by atoms with Crippen LogP contribution in [0, 0.1) is 5.92 Å². The second-order valence-electron chi connectivity index (χ2n) is 4.82. The van der Waals surface area contributed by atoms with E-state index in [4.69, 9.17) is 0 Å². The van der Waals surface area contributed by atoms with Gasteiger partial charge in [0.1, 0.15) is 0 Å². The van der Waals surface area contributed by atoms with E-state index >= 15 is 0 Å². The van der Waals surface area contributed by atoms with Gasteiger partial charge in [0.05, 0.1) is 6.54 Å². The van der Waals surface area contributed by atoms with Gasteiger partial charge in [-0.1, -0.05) is 12.2 Å². The Kier molecular flexibility index (Phi) is 9.57. The first-order valence-electron chi connectivity index (χ1n) is 6.57. The molecule has 1 heterocycles. The molecule has 0 aromatic heterocycles. The minimum atomic E-state index is 0. The predicted octanol–water partition coefficient (Wildman–Crippen LogP) is 1.15. The lowest BCUT2D eigenvalue weighted by molar-refractivity contribution is -0.131. The smallest absolute Gasteiger partial charge is 0.237 e. The van der Waals surface area contributed by atoms with Crippen molar-refractivity contribution in [3.63, 3.8) is 0 Å². The van der Waals surface area contributed by atoms with Gasteiger partial charge in [0, 0.05) is 19.6 Å². The third-order valence-corrected chi connectivity index (χ3v) is 3.27. The maximum atomic E-state index is 12.1. The lowest BCUT2D eigenvalue weighted by Crippen LogP contribution is -2.40. The van der Waals surface area contributed by atoms with E-state index in [9.17, 15) is 4.79 Å². The van der Waals surface area contributed by atoms with Crippen LogP contribution in [-0.4, -0.2) is 62.0 Å². The highest BCUT2D eigenvalue weighted by Gasteiger charge is 2.24. The van der Waals surface area contributed by atoms with Crippen LogP contribution in [0.5, 0.6) is 0 Å². The fourth-order valence-electron chi connectivity index (χ4n) is 2.39. The minimum Gasteiger partial charge on any atom is -0.334 e. The van der Waals surface area contributed by atoms with E-state index in [1.54, 1.807) is 17.1 Å². The van der Waals surface area contributed by atoms with Crippen molar-refractivity contribution in [3.8, 4) is 0 Å². The molecule has 1 aliphatic heterocycles. The van der Waals surface area contributed by atoms with E-state index < -0.39 is 0 Å². The number of rotatable bonds is 8. The van der Waals surface area contributed by atoms with Crippen LogP contribution in [-0.2, 0) is 4.79 Å². The van der Waals surface area contributed by atoms with Crippen LogP contribution >= 0.6 is 12.4 Å². The highest BCUT2D eigenvalue weighted by Crippen LogP contribution is 2.15. The van der Waals surface area contributed by atoms with Crippen molar-refractivity contribution in [3.05, 3.63) is 25.3 Å². The molecule has 1 amide bonds. The third kappa shape index (κ3) is 6.23. The first kappa shape index (κ1) is 18.2. The molecule has 0 bridgehead atoms. The number of likely N-dealkylation sites (tertiary alicyclic amines) is 1. The standard InChI is InChI=1S/C14H25N3O.ClH/c1-4-7-17(8-5-2)14(18)12-16-9-6-13(11-16)10-15-3;/h4-5,13,15H,1-2,6-12H2,3H3;1H. The van der Waals surface area contributed by atoms with E-state index in [0.29, 0.717) is 25.6 Å². The van der Waals surface area contributed by atoms with Crippen molar-refractivity contribution in [1.29, 1.82) is 0 Å². The Balaban J connectivity index is 0.00000324. The Morgan fingerprint density at radius 1 is 1.42 bits per heavy atom. The van der Waals surface area contributed by atoms with Crippen LogP contribution in [0.1, 0.15) is 6.42 Å². The van der Waals surface area contributed by atoms with Crippen molar-refractivity contribution in [2.75, 3.05) is 46.3 Å². The lowest BCUT2D eigenvalue weighted by Gasteiger charge is -2.23. The molecule has 1 atom stereocenters. The number of amides is 1. The monoisotopic (exact) mass is 287 g/mol. The number of hydrogen-bond donors (Lipinski definition) is 1. The highest BCUT2D eigenvalue weighted by molar-refractivity contribution is 5.85. The molecule has 4 nitrogen and oxygen atoms in total. The Morgan fingerprint density at radius 2 is 2.05 bits per heavy atom. The number of carbonyl (C=O) groups is 1. The molecule has 1 N–H and O–H groups in total. The van der Waals surface area contributed by atoms with Crippen molar-refractivity contribution < 1.29 is 4.79 Å². The Bertz CT molecular complexity index is 286. The number of nitrogens with zero attached hydrogens (tertiary/aromatic N) is 2. The van der Waals surface area contributed by atoms with Crippen molar-refractivity contribution >= 4 is 18.3 Å². The molecule has 1 unspecified atom stereocenters. The van der Waals surface area contributed by atoms with E-state index in [2.05, 4.69) is 23.4 Å². The minimum absolute atomic E-state index is 0. The molecule has 0 saturated carbocycles. The molecule has 0 radical (unpaired) electrons. The molecule has 1 saturated heterocycles. The number of hydrogen-bond acceptors (Lipinski definition) is 3. The quantitative estimate of drug-likeness (QED) is 0.681. The summed E-state index contributed by atoms with van der Waals surface area (Å²) in [6.07, 6.45) is 4.70. The van der Waals surface area contributed by atoms with Gasteiger partial charge in [-0.2, -0.15) is 0 Å². The summed E-state index contributed by atoms with van der Waals surface area (Å²) in [5.41, 5.74) is 0. The summed E-state index contributed by atoms with van der Waals surface area (Å²) < 4.78 is 0. The molecular formula is C14H26ClN3O. The van der Waals surface area contributed by atoms with Gasteiger partial charge in [-0.15, -0.1) is 25.6 Å². The van der Waals surface area contributed by atoms with E-state index in [-0.39, 0.29) is 18.3 Å². The van der Waals surface area contributed by atoms with Crippen LogP contribution in [0.25, 0.3) is 0 Å². The summed E-state index contributed by atoms with van der Waals surface area (Å²) in [5.74, 6) is 0.843. The molecule has 0 aliphatic carbocycles. The van der Waals surface area contributed by atoms with Gasteiger partial charge in [-0.3, -0.25) is 9.69 Å². The van der Waals surface area contributed by atoms with E-state index in [0.717, 1.165) is 19.6 Å². The summed E-state index contributed by atoms with van der Waals surface area (Å²) in [6, 6.07) is 0. The molecule has 0 aromatic carbocycles. The lowest BCUT2D eigenvalue weighted by atomic mass is 10.1. The van der Waals surface area contributed by atoms with Crippen LogP contribution in [0.15, 0.2) is 25.3 Å². The SMILES string of the molecule is C=CCN(CC=C)C(=O)CN1CCC(CNC)C1.Cl. The van der Waals surface area contributed by atoms with E-state index in [1.165, 1.54) is 6.42 Å². The topological polar surface area (TPSA) is 35.6 Å². The van der Waals surface area contributed by atoms with Gasteiger partial charge in [0.15, 0.2) is 0 Å². The normalized spacial score (nSPS) is 18.7. The summed E-state index contributed by atoms with van der Waals surface area (Å²) in [7, 11) is 1.98. The third-order valence-electron chi connectivity index (χ3n) is 3.27. The van der Waals surface area contributed by atoms with Crippen LogP contribution < -0.4 is 5.32 Å². The predicted molar refractivity (Wildman–Crippen MR) is 82.7 cm³/mol. The summed E-state index contributed by atoms with van der Waals surface area (Å²) in [6.45, 7) is 12.1. The Hall–Kier alpha value is -0.840. The van der Waals surface area contributed by atoms with Crippen LogP contribution in [0.3, 0.4) is 0 Å². The van der Waals surface area contributed by atoms with Gasteiger partial charge >= 0.3 is 0 Å².